The van der Waals surface area contributed by atoms with E-state index in [4.69, 9.17) is 0 Å². The number of hydrogen-bond acceptors (Lipinski definition) is 2. The van der Waals surface area contributed by atoms with Gasteiger partial charge in [-0.1, -0.05) is 33.6 Å². The predicted molar refractivity (Wildman–Crippen MR) is 60.3 cm³/mol. The van der Waals surface area contributed by atoms with Crippen LogP contribution in [0, 0.1) is 5.92 Å². The largest absolute Gasteiger partial charge is 0.388 e. The fraction of sp³-hybridized carbons (Fsp3) is 1.00. The Hall–Kier alpha value is -0.0800. The van der Waals surface area contributed by atoms with E-state index in [2.05, 4.69) is 26.1 Å². The molecule has 0 aromatic heterocycles. The Morgan fingerprint density at radius 3 is 2.36 bits per heavy atom. The predicted octanol–water partition coefficient (Wildman–Crippen LogP) is 2.32. The van der Waals surface area contributed by atoms with E-state index < -0.39 is 5.60 Å². The van der Waals surface area contributed by atoms with Crippen LogP contribution in [0.3, 0.4) is 0 Å². The molecule has 2 nitrogen and oxygen atoms in total. The minimum atomic E-state index is -0.511. The van der Waals surface area contributed by atoms with Crippen LogP contribution in [-0.4, -0.2) is 23.3 Å². The number of nitrogens with one attached hydrogen (secondary N) is 1. The minimum Gasteiger partial charge on any atom is -0.388 e. The molecule has 84 valence electrons. The lowest BCUT2D eigenvalue weighted by atomic mass is 9.87. The molecule has 1 fully saturated rings. The molecule has 0 aliphatic heterocycles. The molecule has 2 heteroatoms. The molecule has 0 heterocycles. The zero-order valence-electron chi connectivity index (χ0n) is 9.84. The summed E-state index contributed by atoms with van der Waals surface area (Å²) in [5.74, 6) is 0.335. The molecule has 0 aromatic rings. The second-order valence-electron chi connectivity index (χ2n) is 4.97. The highest BCUT2D eigenvalue weighted by Gasteiger charge is 2.29. The summed E-state index contributed by atoms with van der Waals surface area (Å²) in [7, 11) is 0. The van der Waals surface area contributed by atoms with Gasteiger partial charge in [-0.05, 0) is 25.2 Å². The molecule has 2 N–H and O–H groups in total. The average molecular weight is 199 g/mol. The third-order valence-corrected chi connectivity index (χ3v) is 3.74. The zero-order valence-corrected chi connectivity index (χ0v) is 9.84. The quantitative estimate of drug-likeness (QED) is 0.712. The first kappa shape index (κ1) is 12.0. The SMILES string of the molecule is CCC(O)(CNC1CCCC1)C(C)C. The van der Waals surface area contributed by atoms with Crippen LogP contribution in [0.4, 0.5) is 0 Å². The average Bonchev–Trinajstić information content (AvgIpc) is 2.66. The molecule has 0 spiro atoms. The molecule has 1 saturated carbocycles. The van der Waals surface area contributed by atoms with Gasteiger partial charge in [-0.3, -0.25) is 0 Å². The van der Waals surface area contributed by atoms with Gasteiger partial charge in [-0.25, -0.2) is 0 Å². The molecular formula is C12H25NO. The summed E-state index contributed by atoms with van der Waals surface area (Å²) in [6.45, 7) is 7.02. The van der Waals surface area contributed by atoms with E-state index in [9.17, 15) is 5.11 Å². The Morgan fingerprint density at radius 1 is 1.36 bits per heavy atom. The first-order valence-corrected chi connectivity index (χ1v) is 6.04. The van der Waals surface area contributed by atoms with Gasteiger partial charge in [-0.2, -0.15) is 0 Å². The van der Waals surface area contributed by atoms with Crippen LogP contribution >= 0.6 is 0 Å². The van der Waals surface area contributed by atoms with Crippen molar-refractivity contribution in [1.29, 1.82) is 0 Å². The molecule has 1 rings (SSSR count). The van der Waals surface area contributed by atoms with E-state index in [1.54, 1.807) is 0 Å². The lowest BCUT2D eigenvalue weighted by Gasteiger charge is -2.32. The highest BCUT2D eigenvalue weighted by atomic mass is 16.3. The molecule has 0 aromatic carbocycles. The van der Waals surface area contributed by atoms with Crippen LogP contribution in [0.15, 0.2) is 0 Å². The van der Waals surface area contributed by atoms with Gasteiger partial charge in [0.25, 0.3) is 0 Å². The van der Waals surface area contributed by atoms with Crippen molar-refractivity contribution in [2.24, 2.45) is 5.92 Å². The van der Waals surface area contributed by atoms with Gasteiger partial charge in [0.15, 0.2) is 0 Å². The molecule has 14 heavy (non-hydrogen) atoms. The summed E-state index contributed by atoms with van der Waals surface area (Å²) in [4.78, 5) is 0. The number of aliphatic hydroxyl groups is 1. The third kappa shape index (κ3) is 2.96. The molecule has 0 bridgehead atoms. The molecule has 0 radical (unpaired) electrons. The fourth-order valence-corrected chi connectivity index (χ4v) is 2.19. The van der Waals surface area contributed by atoms with Gasteiger partial charge in [0.05, 0.1) is 5.60 Å². The Labute approximate surface area is 88.1 Å². The van der Waals surface area contributed by atoms with Crippen LogP contribution < -0.4 is 5.32 Å². The summed E-state index contributed by atoms with van der Waals surface area (Å²) >= 11 is 0. The van der Waals surface area contributed by atoms with Crippen molar-refractivity contribution in [2.45, 2.75) is 64.5 Å². The van der Waals surface area contributed by atoms with Crippen LogP contribution in [0.2, 0.25) is 0 Å². The van der Waals surface area contributed by atoms with Crippen molar-refractivity contribution >= 4 is 0 Å². The fourth-order valence-electron chi connectivity index (χ4n) is 2.19. The van der Waals surface area contributed by atoms with E-state index in [0.29, 0.717) is 12.0 Å². The third-order valence-electron chi connectivity index (χ3n) is 3.74. The van der Waals surface area contributed by atoms with Gasteiger partial charge in [0, 0.05) is 12.6 Å². The zero-order chi connectivity index (χ0) is 10.6. The van der Waals surface area contributed by atoms with E-state index >= 15 is 0 Å². The molecule has 1 aliphatic rings. The van der Waals surface area contributed by atoms with Gasteiger partial charge in [0.1, 0.15) is 0 Å². The van der Waals surface area contributed by atoms with Crippen LogP contribution in [0.1, 0.15) is 52.9 Å². The summed E-state index contributed by atoms with van der Waals surface area (Å²) in [6.07, 6.45) is 6.12. The maximum Gasteiger partial charge on any atom is 0.0791 e. The van der Waals surface area contributed by atoms with E-state index in [1.807, 2.05) is 0 Å². The normalized spacial score (nSPS) is 22.9. The van der Waals surface area contributed by atoms with Gasteiger partial charge in [0.2, 0.25) is 0 Å². The van der Waals surface area contributed by atoms with Crippen molar-refractivity contribution in [3.05, 3.63) is 0 Å². The van der Waals surface area contributed by atoms with Gasteiger partial charge in [-0.15, -0.1) is 0 Å². The van der Waals surface area contributed by atoms with Crippen LogP contribution in [-0.2, 0) is 0 Å². The number of hydrogen-bond donors (Lipinski definition) is 2. The maximum absolute atomic E-state index is 10.3. The first-order chi connectivity index (χ1) is 6.58. The molecular weight excluding hydrogens is 174 g/mol. The van der Waals surface area contributed by atoms with E-state index in [0.717, 1.165) is 13.0 Å². The summed E-state index contributed by atoms with van der Waals surface area (Å²) < 4.78 is 0. The standard InChI is InChI=1S/C12H25NO/c1-4-12(14,10(2)3)9-13-11-7-5-6-8-11/h10-11,13-14H,4-9H2,1-3H3. The lowest BCUT2D eigenvalue weighted by Crippen LogP contribution is -2.47. The highest BCUT2D eigenvalue weighted by Crippen LogP contribution is 2.22. The molecule has 0 saturated heterocycles. The number of rotatable bonds is 5. The Bertz CT molecular complexity index is 164. The van der Waals surface area contributed by atoms with E-state index in [1.165, 1.54) is 25.7 Å². The summed E-state index contributed by atoms with van der Waals surface area (Å²) in [5, 5.41) is 13.8. The second-order valence-corrected chi connectivity index (χ2v) is 4.97. The smallest absolute Gasteiger partial charge is 0.0791 e. The van der Waals surface area contributed by atoms with Crippen molar-refractivity contribution in [3.8, 4) is 0 Å². The van der Waals surface area contributed by atoms with Gasteiger partial charge < -0.3 is 10.4 Å². The highest BCUT2D eigenvalue weighted by molar-refractivity contribution is 4.85. The van der Waals surface area contributed by atoms with Crippen LogP contribution in [0.5, 0.6) is 0 Å². The minimum absolute atomic E-state index is 0.335. The lowest BCUT2D eigenvalue weighted by molar-refractivity contribution is -0.00965. The van der Waals surface area contributed by atoms with Crippen LogP contribution in [0.25, 0.3) is 0 Å². The Morgan fingerprint density at radius 2 is 1.93 bits per heavy atom. The van der Waals surface area contributed by atoms with Crippen molar-refractivity contribution in [1.82, 2.24) is 5.32 Å². The molecule has 0 amide bonds. The maximum atomic E-state index is 10.3. The second kappa shape index (κ2) is 5.13. The van der Waals surface area contributed by atoms with E-state index in [-0.39, 0.29) is 0 Å². The van der Waals surface area contributed by atoms with Crippen molar-refractivity contribution < 1.29 is 5.11 Å². The van der Waals surface area contributed by atoms with Crippen molar-refractivity contribution in [2.75, 3.05) is 6.54 Å². The monoisotopic (exact) mass is 199 g/mol. The van der Waals surface area contributed by atoms with Gasteiger partial charge >= 0.3 is 0 Å². The molecule has 1 unspecified atom stereocenters. The molecule has 1 aliphatic carbocycles. The summed E-state index contributed by atoms with van der Waals surface area (Å²) in [6, 6.07) is 0.659. The van der Waals surface area contributed by atoms with Crippen molar-refractivity contribution in [3.63, 3.8) is 0 Å². The summed E-state index contributed by atoms with van der Waals surface area (Å²) in [5.41, 5.74) is -0.511. The first-order valence-electron chi connectivity index (χ1n) is 6.04. The molecule has 1 atom stereocenters. The topological polar surface area (TPSA) is 32.3 Å². The Kier molecular flexibility index (Phi) is 4.39. The Balaban J connectivity index is 2.32.